The fourth-order valence-electron chi connectivity index (χ4n) is 9.87. The van der Waals surface area contributed by atoms with Crippen LogP contribution in [0.1, 0.15) is 47.2 Å². The van der Waals surface area contributed by atoms with Crippen molar-refractivity contribution in [3.8, 4) is 16.8 Å². The summed E-state index contributed by atoms with van der Waals surface area (Å²) in [5.74, 6) is 0. The van der Waals surface area contributed by atoms with E-state index < -0.39 is 0 Å². The van der Waals surface area contributed by atoms with Crippen LogP contribution in [0.4, 0.5) is 17.1 Å². The van der Waals surface area contributed by atoms with E-state index in [1.807, 2.05) is 0 Å². The van der Waals surface area contributed by atoms with Gasteiger partial charge in [0.05, 0.1) is 22.4 Å². The maximum Gasteiger partial charge on any atom is 0.0561 e. The van der Waals surface area contributed by atoms with Gasteiger partial charge in [0, 0.05) is 38.7 Å². The predicted molar refractivity (Wildman–Crippen MR) is 257 cm³/mol. The van der Waals surface area contributed by atoms with Crippen LogP contribution < -0.4 is 4.90 Å². The zero-order valence-corrected chi connectivity index (χ0v) is 34.3. The molecule has 0 unspecified atom stereocenters. The minimum Gasteiger partial charge on any atom is -0.309 e. The number of anilines is 3. The van der Waals surface area contributed by atoms with Crippen LogP contribution in [0.3, 0.4) is 0 Å². The summed E-state index contributed by atoms with van der Waals surface area (Å²) < 4.78 is 2.42. The van der Waals surface area contributed by atoms with Gasteiger partial charge in [0.1, 0.15) is 0 Å². The Morgan fingerprint density at radius 3 is 1.64 bits per heavy atom. The Morgan fingerprint density at radius 2 is 0.934 bits per heavy atom. The molecule has 11 rings (SSSR count). The van der Waals surface area contributed by atoms with Crippen molar-refractivity contribution >= 4 is 50.0 Å². The molecule has 10 aromatic rings. The molecule has 0 fully saturated rings. The number of fused-ring (bicyclic) bond motifs is 6. The van der Waals surface area contributed by atoms with E-state index in [-0.39, 0.29) is 5.41 Å². The van der Waals surface area contributed by atoms with Crippen LogP contribution in [-0.4, -0.2) is 4.57 Å². The maximum absolute atomic E-state index is 2.54. The molecule has 9 aromatic carbocycles. The molecule has 2 nitrogen and oxygen atoms in total. The molecule has 0 atom stereocenters. The van der Waals surface area contributed by atoms with Crippen molar-refractivity contribution < 1.29 is 0 Å². The van der Waals surface area contributed by atoms with E-state index in [9.17, 15) is 0 Å². The summed E-state index contributed by atoms with van der Waals surface area (Å²) in [5, 5.41) is 2.46. The highest BCUT2D eigenvalue weighted by molar-refractivity contribution is 6.12. The largest absolute Gasteiger partial charge is 0.309 e. The molecule has 61 heavy (non-hydrogen) atoms. The monoisotopic (exact) mass is 780 g/mol. The first-order valence-electron chi connectivity index (χ1n) is 21.2. The van der Waals surface area contributed by atoms with Crippen molar-refractivity contribution in [2.75, 3.05) is 4.90 Å². The average molecular weight is 781 g/mol. The molecule has 0 saturated heterocycles. The van der Waals surface area contributed by atoms with Gasteiger partial charge in [-0.25, -0.2) is 0 Å². The molecule has 1 aliphatic carbocycles. The van der Waals surface area contributed by atoms with Crippen molar-refractivity contribution in [3.05, 3.63) is 264 Å². The zero-order chi connectivity index (χ0) is 40.9. The predicted octanol–water partition coefficient (Wildman–Crippen LogP) is 15.6. The number of rotatable bonds is 8. The lowest BCUT2D eigenvalue weighted by atomic mass is 9.82. The van der Waals surface area contributed by atoms with E-state index in [0.717, 1.165) is 39.4 Å². The molecular weight excluding hydrogens is 737 g/mol. The summed E-state index contributed by atoms with van der Waals surface area (Å²) in [4.78, 5) is 2.54. The molecule has 290 valence electrons. The van der Waals surface area contributed by atoms with Crippen molar-refractivity contribution in [3.63, 3.8) is 0 Å². The Balaban J connectivity index is 1.27. The van der Waals surface area contributed by atoms with E-state index in [2.05, 4.69) is 254 Å². The van der Waals surface area contributed by atoms with Gasteiger partial charge in [-0.2, -0.15) is 0 Å². The molecule has 0 radical (unpaired) electrons. The van der Waals surface area contributed by atoms with Gasteiger partial charge in [0.15, 0.2) is 0 Å². The molecule has 1 heterocycles. The standard InChI is InChI=1S/C59H44N2/c1-59(2)50-33-18-15-31-48(50)58-51(59)34-21-37-54(58)61(45-38-39-47-46-30-16-19-35-52(46)60(55(47)40-45)44-28-13-6-14-29-44)53-36-20-17-32-49(53)57(43-26-11-5-12-27-43)56(41-22-7-3-8-23-41)42-24-9-4-10-25-42/h3-40H,1-2H3. The van der Waals surface area contributed by atoms with E-state index in [4.69, 9.17) is 0 Å². The van der Waals surface area contributed by atoms with Gasteiger partial charge in [0.25, 0.3) is 0 Å². The zero-order valence-electron chi connectivity index (χ0n) is 34.3. The number of benzene rings is 9. The lowest BCUT2D eigenvalue weighted by Gasteiger charge is -2.32. The number of aromatic nitrogens is 1. The summed E-state index contributed by atoms with van der Waals surface area (Å²) in [6.07, 6.45) is 0. The summed E-state index contributed by atoms with van der Waals surface area (Å²) in [6, 6.07) is 84.2. The number of hydrogen-bond acceptors (Lipinski definition) is 1. The lowest BCUT2D eigenvalue weighted by molar-refractivity contribution is 0.660. The first kappa shape index (κ1) is 36.4. The lowest BCUT2D eigenvalue weighted by Crippen LogP contribution is -2.16. The molecule has 0 aliphatic heterocycles. The summed E-state index contributed by atoms with van der Waals surface area (Å²) in [5.41, 5.74) is 18.9. The third kappa shape index (κ3) is 6.02. The van der Waals surface area contributed by atoms with Gasteiger partial charge in [-0.15, -0.1) is 0 Å². The first-order valence-corrected chi connectivity index (χ1v) is 21.2. The summed E-state index contributed by atoms with van der Waals surface area (Å²) in [6.45, 7) is 4.73. The third-order valence-corrected chi connectivity index (χ3v) is 12.6. The Hall–Kier alpha value is -7.68. The second-order valence-electron chi connectivity index (χ2n) is 16.5. The van der Waals surface area contributed by atoms with Crippen LogP contribution in [0.15, 0.2) is 231 Å². The Kier molecular flexibility index (Phi) is 8.86. The van der Waals surface area contributed by atoms with Gasteiger partial charge in [-0.05, 0) is 87.0 Å². The minimum absolute atomic E-state index is 0.167. The summed E-state index contributed by atoms with van der Waals surface area (Å²) in [7, 11) is 0. The minimum atomic E-state index is -0.167. The molecule has 1 aliphatic rings. The highest BCUT2D eigenvalue weighted by Gasteiger charge is 2.38. The second-order valence-corrected chi connectivity index (χ2v) is 16.5. The topological polar surface area (TPSA) is 8.17 Å². The highest BCUT2D eigenvalue weighted by atomic mass is 15.2. The van der Waals surface area contributed by atoms with Crippen LogP contribution in [0.25, 0.3) is 49.8 Å². The maximum atomic E-state index is 2.54. The second kappa shape index (κ2) is 14.9. The van der Waals surface area contributed by atoms with Crippen molar-refractivity contribution in [2.45, 2.75) is 19.3 Å². The average Bonchev–Trinajstić information content (AvgIpc) is 3.78. The third-order valence-electron chi connectivity index (χ3n) is 12.6. The van der Waals surface area contributed by atoms with Crippen LogP contribution >= 0.6 is 0 Å². The van der Waals surface area contributed by atoms with Gasteiger partial charge in [0.2, 0.25) is 0 Å². The quantitative estimate of drug-likeness (QED) is 0.139. The first-order chi connectivity index (χ1) is 30.1. The fourth-order valence-corrected chi connectivity index (χ4v) is 9.87. The molecule has 0 bridgehead atoms. The Morgan fingerprint density at radius 1 is 0.410 bits per heavy atom. The molecule has 1 aromatic heterocycles. The van der Waals surface area contributed by atoms with E-state index >= 15 is 0 Å². The highest BCUT2D eigenvalue weighted by Crippen LogP contribution is 2.55. The van der Waals surface area contributed by atoms with Gasteiger partial charge >= 0.3 is 0 Å². The van der Waals surface area contributed by atoms with E-state index in [1.54, 1.807) is 0 Å². The normalized spacial score (nSPS) is 12.6. The van der Waals surface area contributed by atoms with Crippen molar-refractivity contribution in [2.24, 2.45) is 0 Å². The SMILES string of the molecule is CC1(C)c2ccccc2-c2c(N(c3ccc4c5ccccc5n(-c5ccccc5)c4c3)c3ccccc3C(=C(c3ccccc3)c3ccccc3)c3ccccc3)cccc21. The van der Waals surface area contributed by atoms with Crippen LogP contribution in [-0.2, 0) is 5.41 Å². The van der Waals surface area contributed by atoms with Gasteiger partial charge < -0.3 is 9.47 Å². The number of hydrogen-bond donors (Lipinski definition) is 0. The Labute approximate surface area is 358 Å². The van der Waals surface area contributed by atoms with Crippen molar-refractivity contribution in [1.82, 2.24) is 4.57 Å². The fraction of sp³-hybridized carbons (Fsp3) is 0.0508. The van der Waals surface area contributed by atoms with E-state index in [1.165, 1.54) is 60.8 Å². The smallest absolute Gasteiger partial charge is 0.0561 e. The molecule has 0 saturated carbocycles. The molecule has 0 spiro atoms. The van der Waals surface area contributed by atoms with Gasteiger partial charge in [-0.1, -0.05) is 202 Å². The molecule has 0 N–H and O–H groups in total. The van der Waals surface area contributed by atoms with Crippen molar-refractivity contribution in [1.29, 1.82) is 0 Å². The van der Waals surface area contributed by atoms with Gasteiger partial charge in [-0.3, -0.25) is 0 Å². The van der Waals surface area contributed by atoms with Crippen LogP contribution in [0, 0.1) is 0 Å². The van der Waals surface area contributed by atoms with Crippen LogP contribution in [0.2, 0.25) is 0 Å². The van der Waals surface area contributed by atoms with E-state index in [0.29, 0.717) is 0 Å². The molecule has 0 amide bonds. The number of para-hydroxylation sites is 3. The Bertz CT molecular complexity index is 3210. The number of nitrogens with zero attached hydrogens (tertiary/aromatic N) is 2. The summed E-state index contributed by atoms with van der Waals surface area (Å²) >= 11 is 0. The molecular formula is C59H44N2. The van der Waals surface area contributed by atoms with Crippen LogP contribution in [0.5, 0.6) is 0 Å². The molecule has 2 heteroatoms.